The van der Waals surface area contributed by atoms with Crippen molar-refractivity contribution in [1.29, 1.82) is 0 Å². The molecule has 15 heavy (non-hydrogen) atoms. The van der Waals surface area contributed by atoms with Gasteiger partial charge in [-0.25, -0.2) is 0 Å². The fourth-order valence-electron chi connectivity index (χ4n) is 2.66. The van der Waals surface area contributed by atoms with Crippen LogP contribution in [0.2, 0.25) is 0 Å². The lowest BCUT2D eigenvalue weighted by Gasteiger charge is -2.22. The van der Waals surface area contributed by atoms with Gasteiger partial charge in [-0.2, -0.15) is 0 Å². The smallest absolute Gasteiger partial charge is 0.0325 e. The van der Waals surface area contributed by atoms with Crippen molar-refractivity contribution in [1.82, 2.24) is 0 Å². The number of fused-ring (bicyclic) bond motifs is 3. The molecule has 0 saturated carbocycles. The molecule has 0 bridgehead atoms. The third-order valence-electron chi connectivity index (χ3n) is 3.57. The highest BCUT2D eigenvalue weighted by molar-refractivity contribution is 5.55. The first-order chi connectivity index (χ1) is 7.31. The van der Waals surface area contributed by atoms with Gasteiger partial charge in [0.1, 0.15) is 0 Å². The second kappa shape index (κ2) is 2.96. The van der Waals surface area contributed by atoms with Gasteiger partial charge in [-0.05, 0) is 24.5 Å². The summed E-state index contributed by atoms with van der Waals surface area (Å²) < 4.78 is 0. The Labute approximate surface area is 90.6 Å². The minimum Gasteiger partial charge on any atom is -0.0702 e. The monoisotopic (exact) mass is 194 g/mol. The average molecular weight is 194 g/mol. The molecule has 0 saturated heterocycles. The molecule has 0 aliphatic heterocycles. The Hall–Kier alpha value is -1.56. The number of allylic oxidation sites excluding steroid dienone is 6. The first-order valence-electron chi connectivity index (χ1n) is 5.45. The number of hydrogen-bond acceptors (Lipinski definition) is 0. The molecule has 2 aliphatic carbocycles. The molecule has 0 spiro atoms. The molecule has 1 unspecified atom stereocenters. The molecular formula is C15H14. The predicted octanol–water partition coefficient (Wildman–Crippen LogP) is 3.55. The molecule has 0 nitrogen and oxygen atoms in total. The van der Waals surface area contributed by atoms with Gasteiger partial charge in [0.25, 0.3) is 0 Å². The van der Waals surface area contributed by atoms with E-state index in [0.717, 1.165) is 6.42 Å². The van der Waals surface area contributed by atoms with E-state index in [1.807, 2.05) is 0 Å². The van der Waals surface area contributed by atoms with Crippen LogP contribution in [-0.4, -0.2) is 0 Å². The zero-order valence-electron chi connectivity index (χ0n) is 8.90. The molecule has 0 heterocycles. The molecular weight excluding hydrogens is 180 g/mol. The molecule has 74 valence electrons. The Balaban J connectivity index is 2.25. The Bertz CT molecular complexity index is 489. The highest BCUT2D eigenvalue weighted by atomic mass is 14.4. The van der Waals surface area contributed by atoms with Gasteiger partial charge in [0.2, 0.25) is 0 Å². The van der Waals surface area contributed by atoms with Crippen LogP contribution in [0.1, 0.15) is 18.1 Å². The number of benzene rings is 1. The highest BCUT2D eigenvalue weighted by Crippen LogP contribution is 2.44. The summed E-state index contributed by atoms with van der Waals surface area (Å²) >= 11 is 0. The van der Waals surface area contributed by atoms with Crippen LogP contribution in [0.25, 0.3) is 0 Å². The Kier molecular flexibility index (Phi) is 1.72. The molecule has 2 aliphatic rings. The number of rotatable bonds is 0. The maximum atomic E-state index is 2.31. The van der Waals surface area contributed by atoms with Crippen LogP contribution in [0.15, 0.2) is 60.2 Å². The van der Waals surface area contributed by atoms with Gasteiger partial charge in [-0.3, -0.25) is 0 Å². The minimum atomic E-state index is 0.125. The summed E-state index contributed by atoms with van der Waals surface area (Å²) in [6.07, 6.45) is 12.1. The van der Waals surface area contributed by atoms with Crippen LogP contribution >= 0.6 is 0 Å². The Morgan fingerprint density at radius 1 is 1.07 bits per heavy atom. The molecule has 1 aromatic rings. The summed E-state index contributed by atoms with van der Waals surface area (Å²) in [5.74, 6) is 0. The van der Waals surface area contributed by atoms with Crippen molar-refractivity contribution < 1.29 is 0 Å². The van der Waals surface area contributed by atoms with Crippen LogP contribution in [0.4, 0.5) is 0 Å². The quantitative estimate of drug-likeness (QED) is 0.592. The molecule has 0 aromatic heterocycles. The lowest BCUT2D eigenvalue weighted by Crippen LogP contribution is -2.16. The molecule has 0 heteroatoms. The van der Waals surface area contributed by atoms with Gasteiger partial charge in [-0.1, -0.05) is 60.2 Å². The van der Waals surface area contributed by atoms with Gasteiger partial charge in [0.05, 0.1) is 0 Å². The average Bonchev–Trinajstić information content (AvgIpc) is 2.41. The molecule has 1 atom stereocenters. The summed E-state index contributed by atoms with van der Waals surface area (Å²) in [6.45, 7) is 2.31. The van der Waals surface area contributed by atoms with Gasteiger partial charge >= 0.3 is 0 Å². The summed E-state index contributed by atoms with van der Waals surface area (Å²) in [4.78, 5) is 0. The Morgan fingerprint density at radius 3 is 2.87 bits per heavy atom. The zero-order valence-corrected chi connectivity index (χ0v) is 8.90. The van der Waals surface area contributed by atoms with E-state index in [1.54, 1.807) is 0 Å². The van der Waals surface area contributed by atoms with Crippen LogP contribution < -0.4 is 0 Å². The van der Waals surface area contributed by atoms with E-state index in [2.05, 4.69) is 61.6 Å². The van der Waals surface area contributed by atoms with Gasteiger partial charge in [-0.15, -0.1) is 0 Å². The van der Waals surface area contributed by atoms with Crippen molar-refractivity contribution in [2.45, 2.75) is 18.8 Å². The standard InChI is InChI=1S/C15H14/c1-15-10-6-2-3-8-13(15)11-12-7-4-5-9-14(12)15/h2-10H,11H2,1H3. The van der Waals surface area contributed by atoms with Gasteiger partial charge in [0.15, 0.2) is 0 Å². The Morgan fingerprint density at radius 2 is 1.93 bits per heavy atom. The highest BCUT2D eigenvalue weighted by Gasteiger charge is 2.35. The third-order valence-corrected chi connectivity index (χ3v) is 3.57. The van der Waals surface area contributed by atoms with E-state index in [0.29, 0.717) is 0 Å². The van der Waals surface area contributed by atoms with Crippen molar-refractivity contribution >= 4 is 0 Å². The van der Waals surface area contributed by atoms with Gasteiger partial charge < -0.3 is 0 Å². The fraction of sp³-hybridized carbons (Fsp3) is 0.200. The first-order valence-corrected chi connectivity index (χ1v) is 5.45. The normalized spacial score (nSPS) is 26.9. The molecule has 0 radical (unpaired) electrons. The maximum absolute atomic E-state index is 2.31. The van der Waals surface area contributed by atoms with Crippen molar-refractivity contribution in [2.75, 3.05) is 0 Å². The predicted molar refractivity (Wildman–Crippen MR) is 63.9 cm³/mol. The summed E-state index contributed by atoms with van der Waals surface area (Å²) in [7, 11) is 0. The minimum absolute atomic E-state index is 0.125. The zero-order chi connectivity index (χ0) is 10.3. The molecule has 0 amide bonds. The van der Waals surface area contributed by atoms with E-state index in [4.69, 9.17) is 0 Å². The first kappa shape index (κ1) is 8.72. The number of hydrogen-bond donors (Lipinski definition) is 0. The lowest BCUT2D eigenvalue weighted by atomic mass is 9.80. The fourth-order valence-corrected chi connectivity index (χ4v) is 2.66. The van der Waals surface area contributed by atoms with Crippen molar-refractivity contribution in [2.24, 2.45) is 0 Å². The van der Waals surface area contributed by atoms with Crippen LogP contribution in [-0.2, 0) is 11.8 Å². The summed E-state index contributed by atoms with van der Waals surface area (Å²) in [6, 6.07) is 8.77. The van der Waals surface area contributed by atoms with E-state index < -0.39 is 0 Å². The third kappa shape index (κ3) is 1.14. The van der Waals surface area contributed by atoms with Crippen LogP contribution in [0.3, 0.4) is 0 Å². The second-order valence-electron chi connectivity index (χ2n) is 4.47. The summed E-state index contributed by atoms with van der Waals surface area (Å²) in [5.41, 5.74) is 4.58. The van der Waals surface area contributed by atoms with Crippen molar-refractivity contribution in [3.63, 3.8) is 0 Å². The molecule has 3 rings (SSSR count). The molecule has 0 fully saturated rings. The van der Waals surface area contributed by atoms with E-state index in [-0.39, 0.29) is 5.41 Å². The second-order valence-corrected chi connectivity index (χ2v) is 4.47. The van der Waals surface area contributed by atoms with E-state index >= 15 is 0 Å². The lowest BCUT2D eigenvalue weighted by molar-refractivity contribution is 0.729. The van der Waals surface area contributed by atoms with Gasteiger partial charge in [0, 0.05) is 5.41 Å². The largest absolute Gasteiger partial charge is 0.0702 e. The molecule has 0 N–H and O–H groups in total. The summed E-state index contributed by atoms with van der Waals surface area (Å²) in [5, 5.41) is 0. The van der Waals surface area contributed by atoms with E-state index in [9.17, 15) is 0 Å². The van der Waals surface area contributed by atoms with Crippen LogP contribution in [0.5, 0.6) is 0 Å². The maximum Gasteiger partial charge on any atom is 0.0325 e. The molecule has 1 aromatic carbocycles. The van der Waals surface area contributed by atoms with Crippen LogP contribution in [0, 0.1) is 0 Å². The van der Waals surface area contributed by atoms with Crippen molar-refractivity contribution in [3.8, 4) is 0 Å². The van der Waals surface area contributed by atoms with Crippen molar-refractivity contribution in [3.05, 3.63) is 71.3 Å². The topological polar surface area (TPSA) is 0 Å². The van der Waals surface area contributed by atoms with E-state index in [1.165, 1.54) is 16.7 Å². The SMILES string of the molecule is CC12C=CC=CC=C1Cc1ccccc12.